The third-order valence-corrected chi connectivity index (χ3v) is 3.40. The fraction of sp³-hybridized carbons (Fsp3) is 0.700. The van der Waals surface area contributed by atoms with Crippen LogP contribution in [0.5, 0.6) is 0 Å². The molecule has 1 amide bonds. The minimum Gasteiger partial charge on any atom is -0.395 e. The van der Waals surface area contributed by atoms with Crippen LogP contribution in [0.2, 0.25) is 0 Å². The van der Waals surface area contributed by atoms with Gasteiger partial charge in [-0.2, -0.15) is 0 Å². The molecule has 1 fully saturated rings. The summed E-state index contributed by atoms with van der Waals surface area (Å²) in [6.07, 6.45) is -3.73. The summed E-state index contributed by atoms with van der Waals surface area (Å²) in [4.78, 5) is 29.4. The van der Waals surface area contributed by atoms with Gasteiger partial charge in [0.05, 0.1) is 12.5 Å². The fourth-order valence-electron chi connectivity index (χ4n) is 1.87. The molecule has 0 bridgehead atoms. The first-order valence-corrected chi connectivity index (χ1v) is 7.56. The van der Waals surface area contributed by atoms with E-state index in [1.165, 1.54) is 4.90 Å². The zero-order chi connectivity index (χ0) is 16.2. The van der Waals surface area contributed by atoms with Crippen LogP contribution in [0.3, 0.4) is 0 Å². The Balaban J connectivity index is 0.00000441. The van der Waals surface area contributed by atoms with Crippen molar-refractivity contribution in [1.82, 2.24) is 4.90 Å². The largest absolute Gasteiger partial charge is 0.469 e. The van der Waals surface area contributed by atoms with E-state index in [0.29, 0.717) is 0 Å². The van der Waals surface area contributed by atoms with E-state index < -0.39 is 44.9 Å². The number of primary amides is 1. The van der Waals surface area contributed by atoms with Gasteiger partial charge < -0.3 is 47.1 Å². The van der Waals surface area contributed by atoms with Gasteiger partial charge >= 0.3 is 7.82 Å². The van der Waals surface area contributed by atoms with E-state index in [2.05, 4.69) is 11.4 Å². The third-order valence-electron chi connectivity index (χ3n) is 2.92. The molecule has 1 radical (unpaired) electrons. The van der Waals surface area contributed by atoms with Crippen LogP contribution in [0.25, 0.3) is 0 Å². The summed E-state index contributed by atoms with van der Waals surface area (Å²) >= 11 is 0. The zero-order valence-corrected chi connectivity index (χ0v) is 15.4. The van der Waals surface area contributed by atoms with Crippen LogP contribution >= 0.6 is 7.82 Å². The smallest absolute Gasteiger partial charge is 0.395 e. The van der Waals surface area contributed by atoms with Gasteiger partial charge in [-0.3, -0.25) is 10.9 Å². The summed E-state index contributed by atoms with van der Waals surface area (Å²) in [7, 11) is -4.71. The van der Waals surface area contributed by atoms with Crippen molar-refractivity contribution in [2.75, 3.05) is 19.7 Å². The van der Waals surface area contributed by atoms with Gasteiger partial charge in [-0.25, -0.2) is 4.57 Å². The van der Waals surface area contributed by atoms with E-state index in [4.69, 9.17) is 20.3 Å². The van der Waals surface area contributed by atoms with Gasteiger partial charge in [-0.1, -0.05) is 0 Å². The number of amides is 1. The van der Waals surface area contributed by atoms with Crippen molar-refractivity contribution in [3.8, 4) is 0 Å². The van der Waals surface area contributed by atoms with Gasteiger partial charge in [0.2, 0.25) is 0 Å². The molecule has 1 aliphatic rings. The Morgan fingerprint density at radius 1 is 1.41 bits per heavy atom. The van der Waals surface area contributed by atoms with E-state index in [1.54, 1.807) is 0 Å². The number of nitrogens with two attached hydrogens (primary N) is 1. The maximum Gasteiger partial charge on any atom is 0.469 e. The molecule has 6 N–H and O–H groups in total. The third kappa shape index (κ3) is 6.88. The molecule has 4 atom stereocenters. The Kier molecular flexibility index (Phi) is 9.80. The molecule has 0 aliphatic carbocycles. The molecular formula is C10H19N2O8PY-2. The number of phosphoric ester groups is 1. The van der Waals surface area contributed by atoms with Crippen LogP contribution in [0.1, 0.15) is 0 Å². The van der Waals surface area contributed by atoms with Gasteiger partial charge in [-0.15, -0.1) is 13.1 Å². The molecule has 0 aromatic carbocycles. The Labute approximate surface area is 153 Å². The van der Waals surface area contributed by atoms with E-state index in [1.807, 2.05) is 0 Å². The summed E-state index contributed by atoms with van der Waals surface area (Å²) in [6.45, 7) is 3.19. The van der Waals surface area contributed by atoms with Crippen molar-refractivity contribution in [2.45, 2.75) is 24.5 Å². The minimum absolute atomic E-state index is 0. The molecule has 0 aromatic rings. The topological polar surface area (TPSA) is 163 Å². The van der Waals surface area contributed by atoms with E-state index in [9.17, 15) is 19.6 Å². The number of aliphatic hydroxyl groups excluding tert-OH is 2. The van der Waals surface area contributed by atoms with Gasteiger partial charge in [-0.05, 0) is 0 Å². The summed E-state index contributed by atoms with van der Waals surface area (Å²) in [5.74, 6) is -0.664. The van der Waals surface area contributed by atoms with E-state index in [0.717, 1.165) is 6.42 Å². The van der Waals surface area contributed by atoms with E-state index in [-0.39, 0.29) is 45.8 Å². The number of aliphatic hydroxyl groups is 2. The summed E-state index contributed by atoms with van der Waals surface area (Å²) < 4.78 is 20.2. The predicted octanol–water partition coefficient (Wildman–Crippen LogP) is -2.63. The molecule has 22 heavy (non-hydrogen) atoms. The maximum absolute atomic E-state index is 10.7. The second-order valence-corrected chi connectivity index (χ2v) is 5.67. The first kappa shape index (κ1) is 22.4. The number of ether oxygens (including phenoxy) is 1. The Hall–Kier alpha value is 0.394. The van der Waals surface area contributed by atoms with Crippen LogP contribution in [-0.2, 0) is 51.3 Å². The van der Waals surface area contributed by atoms with Crippen LogP contribution in [0, 0.1) is 13.3 Å². The number of rotatable bonds is 8. The van der Waals surface area contributed by atoms with Crippen molar-refractivity contribution < 1.29 is 71.3 Å². The molecule has 10 nitrogen and oxygen atoms in total. The summed E-state index contributed by atoms with van der Waals surface area (Å²) in [5, 5.41) is 19.7. The molecule has 1 saturated heterocycles. The van der Waals surface area contributed by atoms with Crippen molar-refractivity contribution in [2.24, 2.45) is 5.73 Å². The molecule has 0 aromatic heterocycles. The van der Waals surface area contributed by atoms with Crippen LogP contribution in [0.4, 0.5) is 0 Å². The number of hydrogen-bond acceptors (Lipinski definition) is 7. The Morgan fingerprint density at radius 2 is 2.00 bits per heavy atom. The average Bonchev–Trinajstić information content (AvgIpc) is 2.64. The quantitative estimate of drug-likeness (QED) is 0.211. The second kappa shape index (κ2) is 9.63. The van der Waals surface area contributed by atoms with E-state index >= 15 is 0 Å². The predicted molar refractivity (Wildman–Crippen MR) is 69.1 cm³/mol. The first-order valence-electron chi connectivity index (χ1n) is 6.03. The van der Waals surface area contributed by atoms with Crippen molar-refractivity contribution in [3.05, 3.63) is 13.3 Å². The van der Waals surface area contributed by atoms with Crippen LogP contribution < -0.4 is 5.73 Å². The summed E-state index contributed by atoms with van der Waals surface area (Å²) in [6, 6.07) is 0. The maximum atomic E-state index is 10.7. The van der Waals surface area contributed by atoms with Gasteiger partial charge in [0.25, 0.3) is 0 Å². The van der Waals surface area contributed by atoms with Crippen molar-refractivity contribution in [3.63, 3.8) is 0 Å². The normalized spacial score (nSPS) is 28.5. The monoisotopic (exact) mass is 415 g/mol. The number of hydrogen-bond donors (Lipinski definition) is 5. The van der Waals surface area contributed by atoms with Crippen molar-refractivity contribution >= 4 is 13.7 Å². The standard InChI is InChI=1S/C10H19N2O8P.Y/c1-2-12(4-3-7(11)13)10-9(15)8(14)6(20-10)5-19-21(16,17)18;/h3,6,8-10,14-15H,1-2,4-5H2,(H2,11,13)(H2,16,17,18);/q-2;/t6-,8-,9-,10?;/m1./s1. The number of carbonyl (C=O) groups is 1. The first-order chi connectivity index (χ1) is 9.65. The second-order valence-electron chi connectivity index (χ2n) is 4.43. The van der Waals surface area contributed by atoms with Gasteiger partial charge in [0.15, 0.2) is 0 Å². The van der Waals surface area contributed by atoms with Crippen LogP contribution in [-0.4, -0.2) is 75.0 Å². The van der Waals surface area contributed by atoms with Gasteiger partial charge in [0.1, 0.15) is 24.5 Å². The summed E-state index contributed by atoms with van der Waals surface area (Å²) in [5.41, 5.74) is 4.98. The molecule has 1 heterocycles. The molecule has 127 valence electrons. The zero-order valence-electron chi connectivity index (χ0n) is 11.7. The number of nitrogens with zero attached hydrogens (tertiary/aromatic N) is 1. The minimum atomic E-state index is -4.71. The van der Waals surface area contributed by atoms with Crippen molar-refractivity contribution in [1.29, 1.82) is 0 Å². The molecule has 1 unspecified atom stereocenters. The molecule has 1 aliphatic heterocycles. The SMILES string of the molecule is [CH2-]CN(C[CH-]C(N)=O)C1O[C@H](COP(=O)(O)O)[C@@H](O)[C@H]1O.[Y]. The molecule has 1 rings (SSSR count). The molecule has 12 heteroatoms. The Bertz CT molecular complexity index is 408. The van der Waals surface area contributed by atoms with Crippen LogP contribution in [0.15, 0.2) is 0 Å². The molecule has 0 spiro atoms. The molecular weight excluding hydrogens is 396 g/mol. The fourth-order valence-corrected chi connectivity index (χ4v) is 2.21. The average molecular weight is 415 g/mol. The number of phosphoric acid groups is 1. The Morgan fingerprint density at radius 3 is 2.45 bits per heavy atom. The number of carbonyl (C=O) groups excluding carboxylic acids is 1. The van der Waals surface area contributed by atoms with Gasteiger partial charge in [0, 0.05) is 32.7 Å². The molecule has 0 saturated carbocycles.